The molecule has 1 aliphatic heterocycles. The van der Waals surface area contributed by atoms with E-state index in [1.807, 2.05) is 36.4 Å². The first-order valence-corrected chi connectivity index (χ1v) is 8.07. The molecule has 1 aromatic carbocycles. The number of aryl methyl sites for hydroxylation is 1. The van der Waals surface area contributed by atoms with Gasteiger partial charge in [0.25, 0.3) is 11.8 Å². The summed E-state index contributed by atoms with van der Waals surface area (Å²) < 4.78 is 1.57. The topological polar surface area (TPSA) is 88.7 Å². The summed E-state index contributed by atoms with van der Waals surface area (Å²) in [7, 11) is 1.76. The fourth-order valence-electron chi connectivity index (χ4n) is 2.88. The van der Waals surface area contributed by atoms with Crippen molar-refractivity contribution < 1.29 is 9.59 Å². The summed E-state index contributed by atoms with van der Waals surface area (Å²) in [5, 5.41) is 14.6. The van der Waals surface area contributed by atoms with Crippen molar-refractivity contribution in [2.75, 3.05) is 5.32 Å². The number of carbonyl (C=O) groups is 2. The first-order valence-electron chi connectivity index (χ1n) is 8.07. The number of carbonyl (C=O) groups excluding carboxylic acids is 2. The molecular formula is C19H15N5O2. The summed E-state index contributed by atoms with van der Waals surface area (Å²) in [5.41, 5.74) is 3.48. The van der Waals surface area contributed by atoms with E-state index in [1.54, 1.807) is 30.1 Å². The van der Waals surface area contributed by atoms with E-state index in [9.17, 15) is 9.59 Å². The second-order valence-corrected chi connectivity index (χ2v) is 6.00. The summed E-state index contributed by atoms with van der Waals surface area (Å²) in [6.45, 7) is 0. The van der Waals surface area contributed by atoms with Crippen LogP contribution >= 0.6 is 0 Å². The van der Waals surface area contributed by atoms with Gasteiger partial charge in [-0.2, -0.15) is 5.10 Å². The molecule has 1 unspecified atom stereocenters. The third-order valence-corrected chi connectivity index (χ3v) is 4.20. The minimum atomic E-state index is -0.377. The molecule has 7 heteroatoms. The van der Waals surface area contributed by atoms with Gasteiger partial charge in [0.05, 0.1) is 23.4 Å². The molecule has 1 aromatic heterocycles. The van der Waals surface area contributed by atoms with Crippen LogP contribution in [0.1, 0.15) is 15.9 Å². The second kappa shape index (κ2) is 6.36. The average Bonchev–Trinajstić information content (AvgIpc) is 3.10. The lowest BCUT2D eigenvalue weighted by Crippen LogP contribution is -2.17. The van der Waals surface area contributed by atoms with Crippen molar-refractivity contribution in [3.63, 3.8) is 0 Å². The Kier molecular flexibility index (Phi) is 3.89. The summed E-state index contributed by atoms with van der Waals surface area (Å²) in [6.07, 6.45) is 10.6. The smallest absolute Gasteiger partial charge is 0.276 e. The normalized spacial score (nSPS) is 18.2. The van der Waals surface area contributed by atoms with Crippen molar-refractivity contribution in [3.8, 4) is 0 Å². The van der Waals surface area contributed by atoms with Gasteiger partial charge in [0, 0.05) is 24.5 Å². The lowest BCUT2D eigenvalue weighted by Gasteiger charge is -2.19. The van der Waals surface area contributed by atoms with E-state index in [1.165, 1.54) is 6.20 Å². The third kappa shape index (κ3) is 2.90. The monoisotopic (exact) mass is 345 g/mol. The first-order chi connectivity index (χ1) is 12.6. The maximum absolute atomic E-state index is 12.2. The number of amides is 2. The van der Waals surface area contributed by atoms with Crippen LogP contribution in [0.5, 0.6) is 0 Å². The maximum atomic E-state index is 12.2. The zero-order chi connectivity index (χ0) is 18.1. The average molecular weight is 345 g/mol. The molecule has 2 heterocycles. The van der Waals surface area contributed by atoms with Crippen LogP contribution in [0.3, 0.4) is 0 Å². The van der Waals surface area contributed by atoms with Gasteiger partial charge in [0.1, 0.15) is 0 Å². The largest absolute Gasteiger partial charge is 0.322 e. The van der Waals surface area contributed by atoms with Gasteiger partial charge in [-0.15, -0.1) is 10.2 Å². The minimum Gasteiger partial charge on any atom is -0.322 e. The van der Waals surface area contributed by atoms with E-state index in [2.05, 4.69) is 20.6 Å². The number of aromatic nitrogens is 2. The fraction of sp³-hybridized carbons (Fsp3) is 0.105. The molecule has 7 nitrogen and oxygen atoms in total. The quantitative estimate of drug-likeness (QED) is 0.927. The molecule has 0 bridgehead atoms. The molecule has 4 rings (SSSR count). The van der Waals surface area contributed by atoms with Gasteiger partial charge in [-0.3, -0.25) is 14.3 Å². The summed E-state index contributed by atoms with van der Waals surface area (Å²) in [4.78, 5) is 24.1. The van der Waals surface area contributed by atoms with Crippen molar-refractivity contribution in [2.45, 2.75) is 0 Å². The number of hydrogen-bond donors (Lipinski definition) is 1. The van der Waals surface area contributed by atoms with Gasteiger partial charge in [0.2, 0.25) is 0 Å². The van der Waals surface area contributed by atoms with Crippen LogP contribution in [-0.4, -0.2) is 21.6 Å². The molecule has 0 fully saturated rings. The molecule has 0 saturated heterocycles. The molecule has 2 amide bonds. The van der Waals surface area contributed by atoms with Gasteiger partial charge < -0.3 is 5.32 Å². The van der Waals surface area contributed by atoms with E-state index in [4.69, 9.17) is 0 Å². The van der Waals surface area contributed by atoms with E-state index in [0.29, 0.717) is 16.9 Å². The number of fused-ring (bicyclic) bond motifs is 1. The number of allylic oxidation sites excluding steroid dienone is 3. The Labute approximate surface area is 149 Å². The number of nitrogens with zero attached hydrogens (tertiary/aromatic N) is 4. The van der Waals surface area contributed by atoms with Gasteiger partial charge >= 0.3 is 0 Å². The Bertz CT molecular complexity index is 1010. The number of rotatable bonds is 3. The Morgan fingerprint density at radius 3 is 2.69 bits per heavy atom. The lowest BCUT2D eigenvalue weighted by molar-refractivity contribution is -0.119. The second-order valence-electron chi connectivity index (χ2n) is 6.00. The van der Waals surface area contributed by atoms with Gasteiger partial charge in [0.15, 0.2) is 0 Å². The molecule has 128 valence electrons. The maximum Gasteiger partial charge on any atom is 0.276 e. The van der Waals surface area contributed by atoms with Crippen LogP contribution < -0.4 is 5.32 Å². The first kappa shape index (κ1) is 15.9. The highest BCUT2D eigenvalue weighted by atomic mass is 16.2. The van der Waals surface area contributed by atoms with E-state index in [-0.39, 0.29) is 17.7 Å². The number of nitrogens with one attached hydrogen (secondary N) is 1. The van der Waals surface area contributed by atoms with Crippen molar-refractivity contribution >= 4 is 23.2 Å². The number of azo groups is 1. The van der Waals surface area contributed by atoms with Gasteiger partial charge in [-0.1, -0.05) is 36.4 Å². The highest BCUT2D eigenvalue weighted by Crippen LogP contribution is 2.34. The van der Waals surface area contributed by atoms with E-state index < -0.39 is 0 Å². The third-order valence-electron chi connectivity index (χ3n) is 4.20. The Hall–Kier alpha value is -3.61. The predicted octanol–water partition coefficient (Wildman–Crippen LogP) is 3.12. The highest BCUT2D eigenvalue weighted by molar-refractivity contribution is 6.04. The van der Waals surface area contributed by atoms with Crippen molar-refractivity contribution in [1.29, 1.82) is 0 Å². The van der Waals surface area contributed by atoms with Gasteiger partial charge in [-0.05, 0) is 17.7 Å². The Morgan fingerprint density at radius 2 is 1.96 bits per heavy atom. The molecule has 0 radical (unpaired) electrons. The van der Waals surface area contributed by atoms with Crippen LogP contribution in [0.25, 0.3) is 5.70 Å². The van der Waals surface area contributed by atoms with Gasteiger partial charge in [-0.25, -0.2) is 0 Å². The molecule has 1 aliphatic carbocycles. The molecule has 2 aliphatic rings. The zero-order valence-electron chi connectivity index (χ0n) is 14.0. The Balaban J connectivity index is 1.57. The van der Waals surface area contributed by atoms with Crippen LogP contribution in [-0.2, 0) is 11.8 Å². The zero-order valence-corrected chi connectivity index (χ0v) is 14.0. The van der Waals surface area contributed by atoms with E-state index >= 15 is 0 Å². The van der Waals surface area contributed by atoms with Crippen molar-refractivity contribution in [2.24, 2.45) is 23.2 Å². The standard InChI is InChI=1S/C19H15N5O2/c1-24-11-13(10-20-24)18(25)21-14-8-6-12(7-9-14)17-15-4-2-3-5-16(15)19(26)23-22-17/h2-11,16H,1H3,(H,21,25). The van der Waals surface area contributed by atoms with Crippen LogP contribution in [0, 0.1) is 5.92 Å². The van der Waals surface area contributed by atoms with Crippen LogP contribution in [0.15, 0.2) is 76.8 Å². The minimum absolute atomic E-state index is 0.226. The van der Waals surface area contributed by atoms with Crippen LogP contribution in [0.2, 0.25) is 0 Å². The lowest BCUT2D eigenvalue weighted by atomic mass is 9.89. The molecule has 0 saturated carbocycles. The Morgan fingerprint density at radius 1 is 1.15 bits per heavy atom. The van der Waals surface area contributed by atoms with Crippen molar-refractivity contribution in [3.05, 3.63) is 77.7 Å². The molecule has 2 aromatic rings. The number of hydrogen-bond acceptors (Lipinski definition) is 4. The number of benzene rings is 1. The van der Waals surface area contributed by atoms with Crippen LogP contribution in [0.4, 0.5) is 5.69 Å². The van der Waals surface area contributed by atoms with Crippen molar-refractivity contribution in [1.82, 2.24) is 9.78 Å². The summed E-state index contributed by atoms with van der Waals surface area (Å²) in [6, 6.07) is 7.28. The molecule has 26 heavy (non-hydrogen) atoms. The molecule has 1 atom stereocenters. The highest BCUT2D eigenvalue weighted by Gasteiger charge is 2.27. The molecule has 0 spiro atoms. The SMILES string of the molecule is Cn1cc(C(=O)Nc2ccc(C3=C4C=CC=CC4C(=O)N=N3)cc2)cn1. The molecule has 1 N–H and O–H groups in total. The van der Waals surface area contributed by atoms with E-state index in [0.717, 1.165) is 11.1 Å². The fourth-order valence-corrected chi connectivity index (χ4v) is 2.88. The predicted molar refractivity (Wildman–Crippen MR) is 96.2 cm³/mol. The summed E-state index contributed by atoms with van der Waals surface area (Å²) >= 11 is 0. The number of anilines is 1. The molecular weight excluding hydrogens is 330 g/mol. The summed E-state index contributed by atoms with van der Waals surface area (Å²) in [5.74, 6) is -0.863.